The Morgan fingerprint density at radius 3 is 2.48 bits per heavy atom. The van der Waals surface area contributed by atoms with Gasteiger partial charge >= 0.3 is 0 Å². The molecule has 2 fully saturated rings. The van der Waals surface area contributed by atoms with E-state index in [1.165, 1.54) is 56.2 Å². The summed E-state index contributed by atoms with van der Waals surface area (Å²) >= 11 is 0. The molecule has 0 spiro atoms. The first-order chi connectivity index (χ1) is 12.4. The third-order valence-corrected chi connectivity index (χ3v) is 5.63. The number of aromatic nitrogens is 4. The number of likely N-dealkylation sites (tertiary alicyclic amines) is 1. The first kappa shape index (κ1) is 16.6. The summed E-state index contributed by atoms with van der Waals surface area (Å²) in [5.74, 6) is 2.15. The third-order valence-electron chi connectivity index (χ3n) is 5.63. The minimum atomic E-state index is 0.513. The fourth-order valence-corrected chi connectivity index (χ4v) is 4.26. The first-order valence-electron chi connectivity index (χ1n) is 9.67. The Kier molecular flexibility index (Phi) is 5.31. The number of hydrogen-bond donors (Lipinski definition) is 0. The van der Waals surface area contributed by atoms with Crippen LogP contribution in [0.15, 0.2) is 31.0 Å². The quantitative estimate of drug-likeness (QED) is 0.851. The number of rotatable bonds is 4. The normalized spacial score (nSPS) is 22.8. The molecule has 0 bridgehead atoms. The highest BCUT2D eigenvalue weighted by molar-refractivity contribution is 5.11. The van der Waals surface area contributed by atoms with Crippen molar-refractivity contribution in [3.05, 3.63) is 48.1 Å². The summed E-state index contributed by atoms with van der Waals surface area (Å²) in [6.07, 6.45) is 16.6. The topological polar surface area (TPSA) is 54.8 Å². The van der Waals surface area contributed by atoms with Crippen molar-refractivity contribution in [1.82, 2.24) is 24.8 Å². The van der Waals surface area contributed by atoms with Crippen LogP contribution in [0.1, 0.15) is 73.9 Å². The van der Waals surface area contributed by atoms with Gasteiger partial charge in [0.25, 0.3) is 0 Å². The minimum Gasteiger partial charge on any atom is -0.298 e. The van der Waals surface area contributed by atoms with Crippen molar-refractivity contribution < 1.29 is 0 Å². The fraction of sp³-hybridized carbons (Fsp3) is 0.600. The number of nitrogens with zero attached hydrogens (tertiary/aromatic N) is 5. The second-order valence-corrected chi connectivity index (χ2v) is 7.49. The van der Waals surface area contributed by atoms with Crippen molar-refractivity contribution >= 4 is 0 Å². The maximum absolute atomic E-state index is 4.69. The molecule has 1 aliphatic carbocycles. The summed E-state index contributed by atoms with van der Waals surface area (Å²) in [5.41, 5.74) is 2.39. The molecule has 2 aromatic rings. The average molecular weight is 337 g/mol. The molecule has 0 aromatic carbocycles. The van der Waals surface area contributed by atoms with Crippen LogP contribution in [0.5, 0.6) is 0 Å². The standard InChI is InChI=1S/C20H27N5/c1-2-5-17(6-3-1)20-22-11-16(12-23-20)13-25-10-4-7-18(14-25)19-8-9-21-15-24-19/h8-9,11-12,15,17-18H,1-7,10,13-14H2/t18-/m1/s1. The fourth-order valence-electron chi connectivity index (χ4n) is 4.26. The van der Waals surface area contributed by atoms with Gasteiger partial charge in [-0.1, -0.05) is 19.3 Å². The van der Waals surface area contributed by atoms with Gasteiger partial charge in [0.1, 0.15) is 12.2 Å². The summed E-state index contributed by atoms with van der Waals surface area (Å²) in [7, 11) is 0. The average Bonchev–Trinajstić information content (AvgIpc) is 2.70. The van der Waals surface area contributed by atoms with E-state index in [0.717, 1.165) is 25.5 Å². The zero-order valence-corrected chi connectivity index (χ0v) is 14.8. The van der Waals surface area contributed by atoms with Gasteiger partial charge < -0.3 is 0 Å². The number of piperidine rings is 1. The predicted molar refractivity (Wildman–Crippen MR) is 97.1 cm³/mol. The van der Waals surface area contributed by atoms with Crippen LogP contribution >= 0.6 is 0 Å². The molecule has 0 radical (unpaired) electrons. The highest BCUT2D eigenvalue weighted by Crippen LogP contribution is 2.30. The molecule has 1 aliphatic heterocycles. The molecular weight excluding hydrogens is 310 g/mol. The van der Waals surface area contributed by atoms with E-state index >= 15 is 0 Å². The van der Waals surface area contributed by atoms with Crippen molar-refractivity contribution in [2.24, 2.45) is 0 Å². The Labute approximate surface area is 149 Å². The molecule has 25 heavy (non-hydrogen) atoms. The van der Waals surface area contributed by atoms with Crippen molar-refractivity contribution in [3.63, 3.8) is 0 Å². The van der Waals surface area contributed by atoms with Gasteiger partial charge in [-0.05, 0) is 38.3 Å². The van der Waals surface area contributed by atoms with Gasteiger partial charge in [-0.2, -0.15) is 0 Å². The van der Waals surface area contributed by atoms with Gasteiger partial charge in [-0.25, -0.2) is 19.9 Å². The SMILES string of the molecule is c1cc([C@@H]2CCCN(Cc3cnc(C4CCCCC4)nc3)C2)ncn1. The van der Waals surface area contributed by atoms with E-state index < -0.39 is 0 Å². The van der Waals surface area contributed by atoms with E-state index in [2.05, 4.69) is 30.9 Å². The summed E-state index contributed by atoms with van der Waals surface area (Å²) in [6, 6.07) is 2.05. The second kappa shape index (κ2) is 8.00. The monoisotopic (exact) mass is 337 g/mol. The van der Waals surface area contributed by atoms with Crippen LogP contribution in [-0.4, -0.2) is 37.9 Å². The maximum Gasteiger partial charge on any atom is 0.131 e. The van der Waals surface area contributed by atoms with Crippen molar-refractivity contribution in [3.8, 4) is 0 Å². The number of hydrogen-bond acceptors (Lipinski definition) is 5. The molecule has 132 valence electrons. The smallest absolute Gasteiger partial charge is 0.131 e. The Bertz CT molecular complexity index is 652. The molecule has 4 rings (SSSR count). The zero-order chi connectivity index (χ0) is 16.9. The van der Waals surface area contributed by atoms with Crippen molar-refractivity contribution in [1.29, 1.82) is 0 Å². The lowest BCUT2D eigenvalue weighted by Gasteiger charge is -2.32. The molecule has 0 amide bonds. The highest BCUT2D eigenvalue weighted by atomic mass is 15.1. The summed E-state index contributed by atoms with van der Waals surface area (Å²) in [5, 5.41) is 0. The van der Waals surface area contributed by atoms with E-state index in [9.17, 15) is 0 Å². The minimum absolute atomic E-state index is 0.513. The maximum atomic E-state index is 4.69. The van der Waals surface area contributed by atoms with Gasteiger partial charge in [-0.15, -0.1) is 0 Å². The Morgan fingerprint density at radius 1 is 0.920 bits per heavy atom. The van der Waals surface area contributed by atoms with Gasteiger partial charge in [-0.3, -0.25) is 4.90 Å². The Balaban J connectivity index is 1.36. The van der Waals surface area contributed by atoms with Crippen LogP contribution in [-0.2, 0) is 6.54 Å². The van der Waals surface area contributed by atoms with Gasteiger partial charge in [0.15, 0.2) is 0 Å². The molecule has 5 nitrogen and oxygen atoms in total. The van der Waals surface area contributed by atoms with E-state index in [0.29, 0.717) is 11.8 Å². The molecule has 2 aliphatic rings. The first-order valence-corrected chi connectivity index (χ1v) is 9.67. The Hall–Kier alpha value is -1.88. The summed E-state index contributed by atoms with van der Waals surface area (Å²) < 4.78 is 0. The molecule has 0 N–H and O–H groups in total. The van der Waals surface area contributed by atoms with Crippen molar-refractivity contribution in [2.45, 2.75) is 63.3 Å². The van der Waals surface area contributed by atoms with Crippen LogP contribution in [0.25, 0.3) is 0 Å². The molecule has 1 atom stereocenters. The zero-order valence-electron chi connectivity index (χ0n) is 14.8. The summed E-state index contributed by atoms with van der Waals surface area (Å²) in [4.78, 5) is 20.4. The molecular formula is C20H27N5. The van der Waals surface area contributed by atoms with Crippen LogP contribution < -0.4 is 0 Å². The summed E-state index contributed by atoms with van der Waals surface area (Å²) in [6.45, 7) is 3.14. The van der Waals surface area contributed by atoms with E-state index in [-0.39, 0.29) is 0 Å². The molecule has 3 heterocycles. The van der Waals surface area contributed by atoms with Crippen LogP contribution in [0.2, 0.25) is 0 Å². The van der Waals surface area contributed by atoms with Gasteiger partial charge in [0, 0.05) is 54.8 Å². The lowest BCUT2D eigenvalue weighted by Crippen LogP contribution is -2.34. The van der Waals surface area contributed by atoms with E-state index in [1.807, 2.05) is 18.6 Å². The van der Waals surface area contributed by atoms with Gasteiger partial charge in [0.2, 0.25) is 0 Å². The molecule has 1 saturated carbocycles. The third kappa shape index (κ3) is 4.21. The van der Waals surface area contributed by atoms with Gasteiger partial charge in [0.05, 0.1) is 0 Å². The van der Waals surface area contributed by atoms with Crippen LogP contribution in [0, 0.1) is 0 Å². The Morgan fingerprint density at radius 2 is 1.72 bits per heavy atom. The molecule has 5 heteroatoms. The van der Waals surface area contributed by atoms with E-state index in [1.54, 1.807) is 6.33 Å². The lowest BCUT2D eigenvalue weighted by atomic mass is 9.89. The van der Waals surface area contributed by atoms with E-state index in [4.69, 9.17) is 0 Å². The predicted octanol–water partition coefficient (Wildman–Crippen LogP) is 3.69. The second-order valence-electron chi connectivity index (χ2n) is 7.49. The highest BCUT2D eigenvalue weighted by Gasteiger charge is 2.23. The van der Waals surface area contributed by atoms with Crippen LogP contribution in [0.3, 0.4) is 0 Å². The van der Waals surface area contributed by atoms with Crippen molar-refractivity contribution in [2.75, 3.05) is 13.1 Å². The molecule has 2 aromatic heterocycles. The lowest BCUT2D eigenvalue weighted by molar-refractivity contribution is 0.198. The molecule has 0 unspecified atom stereocenters. The largest absolute Gasteiger partial charge is 0.298 e. The van der Waals surface area contributed by atoms with Crippen LogP contribution in [0.4, 0.5) is 0 Å². The molecule has 1 saturated heterocycles.